The second kappa shape index (κ2) is 31.4. The quantitative estimate of drug-likeness (QED) is 0.0721. The van der Waals surface area contributed by atoms with Gasteiger partial charge in [0.2, 0.25) is 0 Å². The SMILES string of the molecule is BrC1CCCC1.C.CCOC(=O)c1cn2c(cc1=O)-c1cc(OC)c(O)cc1CC2C(C)C.CCOC(=O)c1cn2c(cc1=O)-c1cc(OC)c(OC3CCCC3)cc1CC2C(C)C.COc1cc2c(cc1OC1CCCC1)CC(C(C)C)n1cc(C(=O)O)c(=O)cc1-2. The molecule has 0 radical (unpaired) electrons. The number of nitrogens with zero attached hydrogens (tertiary/aromatic N) is 3. The fourth-order valence-corrected chi connectivity index (χ4v) is 14.2. The number of carboxylic acid groups (broad SMARTS) is 1. The summed E-state index contributed by atoms with van der Waals surface area (Å²) in [5, 5.41) is 19.5. The molecule has 6 heterocycles. The Morgan fingerprint density at radius 3 is 1.12 bits per heavy atom. The molecule has 0 spiro atoms. The topological polar surface area (TPSA) is 222 Å². The van der Waals surface area contributed by atoms with Gasteiger partial charge in [0.15, 0.2) is 50.8 Å². The molecule has 3 aliphatic heterocycles. The molecule has 3 aromatic heterocycles. The van der Waals surface area contributed by atoms with E-state index in [-0.39, 0.29) is 96.1 Å². The Kier molecular flexibility index (Phi) is 24.0. The van der Waals surface area contributed by atoms with E-state index in [1.807, 2.05) is 27.3 Å². The molecule has 502 valence electrons. The molecule has 3 fully saturated rings. The number of carbonyl (C=O) groups is 3. The lowest BCUT2D eigenvalue weighted by atomic mass is 9.87. The van der Waals surface area contributed by atoms with Crippen molar-refractivity contribution >= 4 is 33.8 Å². The molecule has 18 nitrogen and oxygen atoms in total. The van der Waals surface area contributed by atoms with E-state index in [0.717, 1.165) is 99.6 Å². The van der Waals surface area contributed by atoms with Gasteiger partial charge in [0.05, 0.1) is 63.8 Å². The van der Waals surface area contributed by atoms with Crippen LogP contribution in [-0.2, 0) is 28.7 Å². The zero-order chi connectivity index (χ0) is 66.2. The molecule has 2 N–H and O–H groups in total. The van der Waals surface area contributed by atoms with Crippen LogP contribution in [-0.4, -0.2) is 93.4 Å². The molecule has 0 bridgehead atoms. The van der Waals surface area contributed by atoms with Crippen LogP contribution < -0.4 is 40.0 Å². The van der Waals surface area contributed by atoms with Crippen LogP contribution in [0.4, 0.5) is 0 Å². The molecule has 12 rings (SSSR count). The second-order valence-electron chi connectivity index (χ2n) is 25.8. The smallest absolute Gasteiger partial charge is 0.343 e. The number of rotatable bonds is 15. The Morgan fingerprint density at radius 1 is 0.484 bits per heavy atom. The van der Waals surface area contributed by atoms with Crippen molar-refractivity contribution in [3.63, 3.8) is 0 Å². The van der Waals surface area contributed by atoms with Gasteiger partial charge in [-0.2, -0.15) is 0 Å². The number of esters is 2. The van der Waals surface area contributed by atoms with Gasteiger partial charge in [-0.3, -0.25) is 14.4 Å². The summed E-state index contributed by atoms with van der Waals surface area (Å²) >= 11 is 3.54. The van der Waals surface area contributed by atoms with Crippen molar-refractivity contribution in [2.24, 2.45) is 17.8 Å². The number of carbonyl (C=O) groups excluding carboxylic acids is 2. The first-order valence-electron chi connectivity index (χ1n) is 32.7. The number of hydrogen-bond donors (Lipinski definition) is 2. The molecular formula is C74H94BrN3O15. The van der Waals surface area contributed by atoms with E-state index >= 15 is 0 Å². The van der Waals surface area contributed by atoms with Crippen molar-refractivity contribution in [3.05, 3.63) is 137 Å². The number of ether oxygens (including phenoxy) is 7. The Hall–Kier alpha value is -7.80. The van der Waals surface area contributed by atoms with E-state index in [1.54, 1.807) is 58.7 Å². The van der Waals surface area contributed by atoms with Gasteiger partial charge >= 0.3 is 17.9 Å². The number of halogens is 1. The maximum Gasteiger partial charge on any atom is 0.343 e. The number of alkyl halides is 1. The first-order valence-corrected chi connectivity index (χ1v) is 33.7. The molecule has 3 aromatic carbocycles. The molecule has 3 aliphatic carbocycles. The van der Waals surface area contributed by atoms with Crippen molar-refractivity contribution in [2.45, 2.75) is 194 Å². The van der Waals surface area contributed by atoms with Gasteiger partial charge in [-0.1, -0.05) is 77.7 Å². The van der Waals surface area contributed by atoms with Crippen LogP contribution in [0.2, 0.25) is 0 Å². The van der Waals surface area contributed by atoms with Crippen LogP contribution in [0, 0.1) is 17.8 Å². The van der Waals surface area contributed by atoms with E-state index < -0.39 is 23.3 Å². The van der Waals surface area contributed by atoms with Crippen molar-refractivity contribution in [2.75, 3.05) is 34.5 Å². The average molecular weight is 1350 g/mol. The van der Waals surface area contributed by atoms with E-state index in [0.29, 0.717) is 35.3 Å². The highest BCUT2D eigenvalue weighted by Gasteiger charge is 2.34. The van der Waals surface area contributed by atoms with Gasteiger partial charge in [-0.05, 0) is 168 Å². The number of benzene rings is 3. The fraction of sp³-hybridized carbons (Fsp3) is 0.514. The normalized spacial score (nSPS) is 17.6. The third kappa shape index (κ3) is 15.9. The summed E-state index contributed by atoms with van der Waals surface area (Å²) in [5.74, 6) is 1.72. The summed E-state index contributed by atoms with van der Waals surface area (Å²) < 4.78 is 45.1. The summed E-state index contributed by atoms with van der Waals surface area (Å²) in [5.41, 5.74) is 6.80. The van der Waals surface area contributed by atoms with Crippen LogP contribution in [0.5, 0.6) is 34.5 Å². The Labute approximate surface area is 554 Å². The van der Waals surface area contributed by atoms with Gasteiger partial charge in [-0.15, -0.1) is 0 Å². The van der Waals surface area contributed by atoms with Crippen LogP contribution in [0.15, 0.2) is 87.6 Å². The van der Waals surface area contributed by atoms with Crippen LogP contribution in [0.3, 0.4) is 0 Å². The molecule has 3 atom stereocenters. The summed E-state index contributed by atoms with van der Waals surface area (Å²) in [6, 6.07) is 16.1. The number of aromatic carboxylic acids is 1. The third-order valence-corrected chi connectivity index (χ3v) is 19.5. The summed E-state index contributed by atoms with van der Waals surface area (Å²) in [6.07, 6.45) is 22.2. The molecule has 6 aromatic rings. The number of hydrogen-bond acceptors (Lipinski definition) is 14. The highest BCUT2D eigenvalue weighted by Crippen LogP contribution is 2.47. The number of aromatic nitrogens is 3. The average Bonchev–Trinajstić information content (AvgIpc) is 1.13. The fourth-order valence-electron chi connectivity index (χ4n) is 13.6. The van der Waals surface area contributed by atoms with E-state index in [1.165, 1.54) is 76.8 Å². The van der Waals surface area contributed by atoms with Crippen LogP contribution >= 0.6 is 15.9 Å². The summed E-state index contributed by atoms with van der Waals surface area (Å²) in [6.45, 7) is 16.6. The maximum absolute atomic E-state index is 12.8. The lowest BCUT2D eigenvalue weighted by Gasteiger charge is -2.34. The number of fused-ring (bicyclic) bond motifs is 9. The van der Waals surface area contributed by atoms with Gasteiger partial charge in [0.1, 0.15) is 16.7 Å². The predicted octanol–water partition coefficient (Wildman–Crippen LogP) is 15.2. The minimum atomic E-state index is -1.20. The van der Waals surface area contributed by atoms with Crippen LogP contribution in [0.1, 0.15) is 206 Å². The van der Waals surface area contributed by atoms with Crippen molar-refractivity contribution in [1.29, 1.82) is 0 Å². The summed E-state index contributed by atoms with van der Waals surface area (Å²) in [4.78, 5) is 74.5. The third-order valence-electron chi connectivity index (χ3n) is 18.6. The Morgan fingerprint density at radius 2 is 0.806 bits per heavy atom. The lowest BCUT2D eigenvalue weighted by Crippen LogP contribution is -2.28. The molecular weight excluding hydrogens is 1250 g/mol. The molecule has 3 unspecified atom stereocenters. The van der Waals surface area contributed by atoms with E-state index in [2.05, 4.69) is 68.1 Å². The largest absolute Gasteiger partial charge is 0.504 e. The number of phenols is 1. The molecule has 19 heteroatoms. The number of aromatic hydroxyl groups is 1. The predicted molar refractivity (Wildman–Crippen MR) is 365 cm³/mol. The maximum atomic E-state index is 12.8. The molecule has 6 aliphatic rings. The lowest BCUT2D eigenvalue weighted by molar-refractivity contribution is 0.0513. The highest BCUT2D eigenvalue weighted by molar-refractivity contribution is 9.09. The highest BCUT2D eigenvalue weighted by atomic mass is 79.9. The van der Waals surface area contributed by atoms with Gasteiger partial charge in [-0.25, -0.2) is 14.4 Å². The van der Waals surface area contributed by atoms with E-state index in [4.69, 9.17) is 33.2 Å². The van der Waals surface area contributed by atoms with Crippen molar-refractivity contribution < 1.29 is 57.8 Å². The zero-order valence-electron chi connectivity index (χ0n) is 55.1. The molecule has 0 saturated heterocycles. The standard InChI is InChI=1S/C25H31NO5.C23H27NO5.C20H23NO5.C5H9Br.CH4/c1-5-30-25(28)19-14-26-20(15(2)3)10-16-11-24(31-17-8-6-7-9-17)23(29-4)12-18(16)21(26)13-22(19)27;1-13(2)18-8-14-9-22(29-15-6-4-5-7-15)21(28-3)10-16(14)19-11-20(25)17(23(26)27)12-24(18)19;1-5-26-20(24)14-10-21-15(11(2)3)6-12-7-18(23)19(25-4)8-13(12)16(21)9-17(14)22;6-5-3-1-2-4-5;/h11-15,17,20H,5-10H2,1-4H3;9-13,15,18H,4-8H2,1-3H3,(H,26,27);7-11,15,23H,5-6H2,1-4H3;5H,1-4H2;1H4. The minimum absolute atomic E-state index is 0. The first kappa shape index (κ1) is 71.1. The Bertz CT molecular complexity index is 3840. The zero-order valence-corrected chi connectivity index (χ0v) is 56.7. The van der Waals surface area contributed by atoms with Crippen molar-refractivity contribution in [3.8, 4) is 68.3 Å². The van der Waals surface area contributed by atoms with Gasteiger partial charge in [0, 0.05) is 76.4 Å². The monoisotopic (exact) mass is 1340 g/mol. The van der Waals surface area contributed by atoms with Crippen LogP contribution in [0.25, 0.3) is 33.8 Å². The summed E-state index contributed by atoms with van der Waals surface area (Å²) in [7, 11) is 4.74. The molecule has 3 saturated carbocycles. The minimum Gasteiger partial charge on any atom is -0.504 e. The van der Waals surface area contributed by atoms with Gasteiger partial charge in [0.25, 0.3) is 0 Å². The van der Waals surface area contributed by atoms with Gasteiger partial charge < -0.3 is 57.1 Å². The number of pyridine rings is 3. The Balaban J connectivity index is 0.000000171. The molecule has 93 heavy (non-hydrogen) atoms. The second-order valence-corrected chi connectivity index (χ2v) is 27.1. The molecule has 0 amide bonds. The first-order chi connectivity index (χ1) is 44.1. The number of phenolic OH excluding ortho intramolecular Hbond substituents is 1. The van der Waals surface area contributed by atoms with E-state index in [9.17, 15) is 39.0 Å². The number of carboxylic acids is 1. The van der Waals surface area contributed by atoms with Crippen molar-refractivity contribution in [1.82, 2.24) is 13.7 Å². The number of methoxy groups -OCH3 is 3.